The van der Waals surface area contributed by atoms with Crippen molar-refractivity contribution in [3.63, 3.8) is 0 Å². The van der Waals surface area contributed by atoms with E-state index in [2.05, 4.69) is 6.58 Å². The highest BCUT2D eigenvalue weighted by atomic mass is 16.5. The third-order valence-electron chi connectivity index (χ3n) is 6.23. The van der Waals surface area contributed by atoms with Crippen LogP contribution in [0, 0.1) is 0 Å². The summed E-state index contributed by atoms with van der Waals surface area (Å²) in [6, 6.07) is 8.05. The Hall–Kier alpha value is -3.32. The molecule has 0 saturated carbocycles. The predicted molar refractivity (Wildman–Crippen MR) is 142 cm³/mol. The summed E-state index contributed by atoms with van der Waals surface area (Å²) in [4.78, 5) is 56.6. The summed E-state index contributed by atoms with van der Waals surface area (Å²) in [6.45, 7) is 6.06. The van der Waals surface area contributed by atoms with Crippen LogP contribution in [0.25, 0.3) is 0 Å². The number of carbonyl (C=O) groups is 4. The Morgan fingerprint density at radius 2 is 1.08 bits per heavy atom. The van der Waals surface area contributed by atoms with Crippen LogP contribution in [-0.4, -0.2) is 124 Å². The minimum atomic E-state index is -0.504. The SMILES string of the molecule is C=C(C)Cc1ccc(CC2N(CC(=O)OC)CN(CC(=O)OC)CN(CC(=O)OC)CN2CC(=O)OC)cc1. The van der Waals surface area contributed by atoms with E-state index >= 15 is 0 Å². The van der Waals surface area contributed by atoms with Crippen LogP contribution in [0.3, 0.4) is 0 Å². The molecule has 0 amide bonds. The van der Waals surface area contributed by atoms with E-state index in [-0.39, 0.29) is 46.2 Å². The highest BCUT2D eigenvalue weighted by molar-refractivity contribution is 5.73. The van der Waals surface area contributed by atoms with Gasteiger partial charge in [-0.15, -0.1) is 0 Å². The van der Waals surface area contributed by atoms with Gasteiger partial charge in [0.1, 0.15) is 0 Å². The number of nitrogens with zero attached hydrogens (tertiary/aromatic N) is 4. The molecule has 1 aliphatic rings. The summed E-state index contributed by atoms with van der Waals surface area (Å²) in [5.41, 5.74) is 3.14. The van der Waals surface area contributed by atoms with Crippen LogP contribution < -0.4 is 0 Å². The quantitative estimate of drug-likeness (QED) is 0.205. The maximum atomic E-state index is 12.5. The first-order chi connectivity index (χ1) is 18.6. The van der Waals surface area contributed by atoms with Gasteiger partial charge in [0.2, 0.25) is 0 Å². The molecule has 39 heavy (non-hydrogen) atoms. The maximum Gasteiger partial charge on any atom is 0.319 e. The van der Waals surface area contributed by atoms with E-state index < -0.39 is 30.0 Å². The van der Waals surface area contributed by atoms with Crippen molar-refractivity contribution in [2.24, 2.45) is 0 Å². The summed E-state index contributed by atoms with van der Waals surface area (Å²) >= 11 is 0. The van der Waals surface area contributed by atoms with Gasteiger partial charge in [0.15, 0.2) is 0 Å². The third kappa shape index (κ3) is 10.8. The molecule has 0 aliphatic carbocycles. The highest BCUT2D eigenvalue weighted by Crippen LogP contribution is 2.20. The van der Waals surface area contributed by atoms with Crippen molar-refractivity contribution in [3.05, 3.63) is 47.5 Å². The summed E-state index contributed by atoms with van der Waals surface area (Å²) in [7, 11) is 5.20. The van der Waals surface area contributed by atoms with Crippen molar-refractivity contribution in [1.82, 2.24) is 19.6 Å². The predicted octanol–water partition coefficient (Wildman–Crippen LogP) is 0.460. The molecule has 0 N–H and O–H groups in total. The lowest BCUT2D eigenvalue weighted by Crippen LogP contribution is -2.63. The monoisotopic (exact) mass is 548 g/mol. The molecule has 12 nitrogen and oxygen atoms in total. The van der Waals surface area contributed by atoms with Gasteiger partial charge in [-0.3, -0.25) is 38.8 Å². The van der Waals surface area contributed by atoms with Crippen molar-refractivity contribution in [2.75, 3.05) is 74.6 Å². The van der Waals surface area contributed by atoms with Crippen LogP contribution in [0.2, 0.25) is 0 Å². The van der Waals surface area contributed by atoms with Gasteiger partial charge in [-0.2, -0.15) is 0 Å². The molecular formula is C27H40N4O8. The molecule has 1 aliphatic heterocycles. The Balaban J connectivity index is 2.52. The van der Waals surface area contributed by atoms with Crippen LogP contribution in [0.5, 0.6) is 0 Å². The molecule has 0 atom stereocenters. The zero-order chi connectivity index (χ0) is 28.9. The Labute approximate surface area is 230 Å². The fraction of sp³-hybridized carbons (Fsp3) is 0.556. The van der Waals surface area contributed by atoms with E-state index in [1.165, 1.54) is 28.4 Å². The third-order valence-corrected chi connectivity index (χ3v) is 6.23. The highest BCUT2D eigenvalue weighted by Gasteiger charge is 2.35. The van der Waals surface area contributed by atoms with E-state index in [1.807, 2.05) is 41.0 Å². The first-order valence-electron chi connectivity index (χ1n) is 12.5. The summed E-state index contributed by atoms with van der Waals surface area (Å²) in [5.74, 6) is -1.88. The summed E-state index contributed by atoms with van der Waals surface area (Å²) in [6.07, 6.45) is 0.688. The average molecular weight is 549 g/mol. The molecule has 216 valence electrons. The van der Waals surface area contributed by atoms with E-state index in [0.29, 0.717) is 6.42 Å². The van der Waals surface area contributed by atoms with Gasteiger partial charge in [0.05, 0.1) is 80.8 Å². The molecule has 1 fully saturated rings. The van der Waals surface area contributed by atoms with E-state index in [9.17, 15) is 19.2 Å². The van der Waals surface area contributed by atoms with Crippen molar-refractivity contribution in [2.45, 2.75) is 25.9 Å². The van der Waals surface area contributed by atoms with Gasteiger partial charge < -0.3 is 18.9 Å². The van der Waals surface area contributed by atoms with Crippen molar-refractivity contribution < 1.29 is 38.1 Å². The van der Waals surface area contributed by atoms with Gasteiger partial charge in [-0.1, -0.05) is 36.4 Å². The molecule has 2 rings (SSSR count). The van der Waals surface area contributed by atoms with Gasteiger partial charge in [0.25, 0.3) is 0 Å². The fourth-order valence-corrected chi connectivity index (χ4v) is 4.38. The average Bonchev–Trinajstić information content (AvgIpc) is 2.90. The number of hydrogen-bond donors (Lipinski definition) is 0. The van der Waals surface area contributed by atoms with Crippen LogP contribution in [0.1, 0.15) is 18.1 Å². The first kappa shape index (κ1) is 31.9. The standard InChI is InChI=1S/C27H40N4O8/c1-20(2)11-21-7-9-22(10-8-21)12-23-30(15-26(34)38-5)18-28(13-24(32)36-3)17-29(14-25(33)37-4)19-31(23)16-27(35)39-6/h7-10,23H,1,11-19H2,2-6H3. The molecule has 0 unspecified atom stereocenters. The van der Waals surface area contributed by atoms with Gasteiger partial charge >= 0.3 is 23.9 Å². The number of esters is 4. The molecular weight excluding hydrogens is 508 g/mol. The molecule has 12 heteroatoms. The molecule has 0 radical (unpaired) electrons. The van der Waals surface area contributed by atoms with Crippen molar-refractivity contribution in [3.8, 4) is 0 Å². The topological polar surface area (TPSA) is 118 Å². The number of hydrogen-bond acceptors (Lipinski definition) is 12. The summed E-state index contributed by atoms with van der Waals surface area (Å²) < 4.78 is 19.7. The van der Waals surface area contributed by atoms with Crippen LogP contribution in [0.15, 0.2) is 36.4 Å². The Bertz CT molecular complexity index is 952. The zero-order valence-electron chi connectivity index (χ0n) is 23.5. The van der Waals surface area contributed by atoms with Crippen LogP contribution in [0.4, 0.5) is 0 Å². The van der Waals surface area contributed by atoms with Crippen LogP contribution >= 0.6 is 0 Å². The van der Waals surface area contributed by atoms with E-state index in [0.717, 1.165) is 23.1 Å². The smallest absolute Gasteiger partial charge is 0.319 e. The number of rotatable bonds is 12. The lowest BCUT2D eigenvalue weighted by molar-refractivity contribution is -0.156. The second kappa shape index (κ2) is 15.9. The molecule has 0 bridgehead atoms. The number of benzene rings is 1. The Kier molecular flexibility index (Phi) is 13.0. The largest absolute Gasteiger partial charge is 0.468 e. The number of carbonyl (C=O) groups excluding carboxylic acids is 4. The number of ether oxygens (including phenoxy) is 4. The van der Waals surface area contributed by atoms with E-state index in [4.69, 9.17) is 18.9 Å². The van der Waals surface area contributed by atoms with Gasteiger partial charge in [0, 0.05) is 6.42 Å². The van der Waals surface area contributed by atoms with Crippen molar-refractivity contribution in [1.29, 1.82) is 0 Å². The minimum Gasteiger partial charge on any atom is -0.468 e. The molecule has 1 aromatic rings. The van der Waals surface area contributed by atoms with Gasteiger partial charge in [-0.05, 0) is 24.5 Å². The summed E-state index contributed by atoms with van der Waals surface area (Å²) in [5, 5.41) is 0. The van der Waals surface area contributed by atoms with Crippen molar-refractivity contribution >= 4 is 23.9 Å². The normalized spacial score (nSPS) is 16.1. The van der Waals surface area contributed by atoms with E-state index in [1.54, 1.807) is 9.80 Å². The number of methoxy groups -OCH3 is 4. The van der Waals surface area contributed by atoms with Gasteiger partial charge in [-0.25, -0.2) is 0 Å². The molecule has 0 spiro atoms. The zero-order valence-corrected chi connectivity index (χ0v) is 23.5. The second-order valence-corrected chi connectivity index (χ2v) is 9.52. The maximum absolute atomic E-state index is 12.5. The minimum absolute atomic E-state index is 0.0782. The lowest BCUT2D eigenvalue weighted by atomic mass is 10.0. The molecule has 1 heterocycles. The Morgan fingerprint density at radius 3 is 1.46 bits per heavy atom. The number of allylic oxidation sites excluding steroid dienone is 1. The molecule has 0 aromatic heterocycles. The second-order valence-electron chi connectivity index (χ2n) is 9.52. The molecule has 1 aromatic carbocycles. The first-order valence-corrected chi connectivity index (χ1v) is 12.5. The fourth-order valence-electron chi connectivity index (χ4n) is 4.38. The lowest BCUT2D eigenvalue weighted by Gasteiger charge is -2.46. The molecule has 1 saturated heterocycles. The Morgan fingerprint density at radius 1 is 0.692 bits per heavy atom. The van der Waals surface area contributed by atoms with Crippen LogP contribution in [-0.2, 0) is 51.0 Å².